The van der Waals surface area contributed by atoms with E-state index in [1.165, 1.54) is 11.6 Å². The highest BCUT2D eigenvalue weighted by molar-refractivity contribution is 6.03. The Hall–Kier alpha value is -2.88. The molecule has 4 heteroatoms. The summed E-state index contributed by atoms with van der Waals surface area (Å²) in [6.07, 6.45) is 11.4. The molecule has 0 aromatic heterocycles. The summed E-state index contributed by atoms with van der Waals surface area (Å²) in [6, 6.07) is 7.58. The molecule has 1 heterocycles. The lowest BCUT2D eigenvalue weighted by molar-refractivity contribution is -0.113. The van der Waals surface area contributed by atoms with Crippen LogP contribution in [0, 0.1) is 0 Å². The van der Waals surface area contributed by atoms with Crippen molar-refractivity contribution in [1.82, 2.24) is 0 Å². The van der Waals surface area contributed by atoms with E-state index in [4.69, 9.17) is 9.73 Å². The van der Waals surface area contributed by atoms with Crippen molar-refractivity contribution in [3.8, 4) is 5.75 Å². The molecule has 3 aliphatic rings. The van der Waals surface area contributed by atoms with E-state index in [0.29, 0.717) is 5.57 Å². The molecule has 1 aromatic carbocycles. The first-order valence-corrected chi connectivity index (χ1v) is 8.85. The van der Waals surface area contributed by atoms with E-state index in [1.807, 2.05) is 30.3 Å². The molecule has 2 atom stereocenters. The Labute approximate surface area is 152 Å². The van der Waals surface area contributed by atoms with E-state index in [0.717, 1.165) is 29.9 Å². The number of carbonyl (C=O) groups excluding carboxylic acids is 1. The van der Waals surface area contributed by atoms with Gasteiger partial charge in [-0.3, -0.25) is 9.79 Å². The van der Waals surface area contributed by atoms with Gasteiger partial charge in [0.1, 0.15) is 17.6 Å². The van der Waals surface area contributed by atoms with Gasteiger partial charge in [0.25, 0.3) is 0 Å². The lowest BCUT2D eigenvalue weighted by atomic mass is 9.87. The van der Waals surface area contributed by atoms with E-state index in [2.05, 4.69) is 12.2 Å². The summed E-state index contributed by atoms with van der Waals surface area (Å²) in [7, 11) is 1.65. The molecule has 0 saturated carbocycles. The van der Waals surface area contributed by atoms with Crippen molar-refractivity contribution in [2.24, 2.45) is 4.99 Å². The molecule has 0 spiro atoms. The molecule has 26 heavy (non-hydrogen) atoms. The first kappa shape index (κ1) is 16.6. The van der Waals surface area contributed by atoms with E-state index < -0.39 is 0 Å². The van der Waals surface area contributed by atoms with Crippen LogP contribution in [0.25, 0.3) is 0 Å². The number of ketones is 1. The molecule has 1 N–H and O–H groups in total. The molecule has 0 amide bonds. The lowest BCUT2D eigenvalue weighted by Gasteiger charge is -2.19. The van der Waals surface area contributed by atoms with Gasteiger partial charge in [-0.15, -0.1) is 0 Å². The first-order valence-electron chi connectivity index (χ1n) is 8.85. The minimum atomic E-state index is -0.356. The number of ether oxygens (including phenoxy) is 1. The highest BCUT2D eigenvalue weighted by Gasteiger charge is 2.36. The average molecular weight is 347 g/mol. The molecule has 4 rings (SSSR count). The number of aliphatic imine (C=N–C) groups is 1. The quantitative estimate of drug-likeness (QED) is 0.830. The Morgan fingerprint density at radius 2 is 2.04 bits per heavy atom. The van der Waals surface area contributed by atoms with Gasteiger partial charge >= 0.3 is 0 Å². The van der Waals surface area contributed by atoms with Crippen LogP contribution in [-0.4, -0.2) is 29.8 Å². The molecule has 0 fully saturated rings. The third kappa shape index (κ3) is 3.03. The van der Waals surface area contributed by atoms with Gasteiger partial charge < -0.3 is 9.84 Å². The van der Waals surface area contributed by atoms with Crippen LogP contribution in [0.5, 0.6) is 5.75 Å². The summed E-state index contributed by atoms with van der Waals surface area (Å²) in [5.74, 6) is 1.10. The fourth-order valence-electron chi connectivity index (χ4n) is 3.77. The number of aliphatic hydroxyl groups excluding tert-OH is 1. The summed E-state index contributed by atoms with van der Waals surface area (Å²) in [5, 5.41) is 10.9. The zero-order chi connectivity index (χ0) is 18.1. The molecule has 4 nitrogen and oxygen atoms in total. The molecule has 0 radical (unpaired) electrons. The predicted molar refractivity (Wildman–Crippen MR) is 102 cm³/mol. The van der Waals surface area contributed by atoms with E-state index >= 15 is 0 Å². The molecular weight excluding hydrogens is 326 g/mol. The summed E-state index contributed by atoms with van der Waals surface area (Å²) in [5.41, 5.74) is 4.05. The van der Waals surface area contributed by atoms with E-state index in [-0.39, 0.29) is 29.9 Å². The topological polar surface area (TPSA) is 58.9 Å². The normalized spacial score (nSPS) is 26.3. The second-order valence-corrected chi connectivity index (χ2v) is 6.82. The van der Waals surface area contributed by atoms with Crippen LogP contribution < -0.4 is 4.74 Å². The van der Waals surface area contributed by atoms with Crippen molar-refractivity contribution in [3.05, 3.63) is 77.1 Å². The highest BCUT2D eigenvalue weighted by atomic mass is 16.5. The average Bonchev–Trinajstić information content (AvgIpc) is 3.41. The molecule has 132 valence electrons. The standard InChI is InChI=1S/C22H21NO3/c1-26-18-10-7-14(8-11-18)19-13-20(15-4-2-3-5-15)23-21(19)22(25)16-6-9-17(24)12-16/h2-4,6-11,19,21,25H,5,12-13H2,1H3. The second kappa shape index (κ2) is 6.79. The van der Waals surface area contributed by atoms with Crippen molar-refractivity contribution >= 4 is 11.5 Å². The SMILES string of the molecule is COc1ccc(C2CC(C3=CC=CC3)=NC2C(O)=C2C=CC(=O)C2)cc1. The minimum Gasteiger partial charge on any atom is -0.510 e. The lowest BCUT2D eigenvalue weighted by Crippen LogP contribution is -2.16. The number of allylic oxidation sites excluding steroid dienone is 7. The van der Waals surface area contributed by atoms with Gasteiger partial charge in [0.15, 0.2) is 5.78 Å². The number of methoxy groups -OCH3 is 1. The van der Waals surface area contributed by atoms with Crippen molar-refractivity contribution in [2.75, 3.05) is 7.11 Å². The Bertz CT molecular complexity index is 884. The number of aliphatic hydroxyl groups is 1. The monoisotopic (exact) mass is 347 g/mol. The number of nitrogens with zero attached hydrogens (tertiary/aromatic N) is 1. The number of rotatable bonds is 4. The molecule has 0 saturated heterocycles. The van der Waals surface area contributed by atoms with Crippen LogP contribution >= 0.6 is 0 Å². The van der Waals surface area contributed by atoms with Gasteiger partial charge in [-0.1, -0.05) is 36.4 Å². The van der Waals surface area contributed by atoms with Crippen LogP contribution in [0.3, 0.4) is 0 Å². The molecule has 1 aliphatic heterocycles. The maximum Gasteiger partial charge on any atom is 0.160 e. The summed E-state index contributed by atoms with van der Waals surface area (Å²) in [6.45, 7) is 0. The fraction of sp³-hybridized carbons (Fsp3) is 0.273. The number of hydrogen-bond donors (Lipinski definition) is 1. The largest absolute Gasteiger partial charge is 0.510 e. The zero-order valence-electron chi connectivity index (χ0n) is 14.7. The molecule has 1 aromatic rings. The Balaban J connectivity index is 1.69. The Morgan fingerprint density at radius 3 is 2.65 bits per heavy atom. The molecule has 2 unspecified atom stereocenters. The number of carbonyl (C=O) groups is 1. The second-order valence-electron chi connectivity index (χ2n) is 6.82. The van der Waals surface area contributed by atoms with Gasteiger partial charge in [0.2, 0.25) is 0 Å². The van der Waals surface area contributed by atoms with Gasteiger partial charge in [0, 0.05) is 18.1 Å². The van der Waals surface area contributed by atoms with Crippen molar-refractivity contribution in [2.45, 2.75) is 31.2 Å². The minimum absolute atomic E-state index is 0.0254. The number of hydrogen-bond acceptors (Lipinski definition) is 4. The van der Waals surface area contributed by atoms with Crippen LogP contribution in [-0.2, 0) is 4.79 Å². The Morgan fingerprint density at radius 1 is 1.23 bits per heavy atom. The van der Waals surface area contributed by atoms with Crippen molar-refractivity contribution in [3.63, 3.8) is 0 Å². The van der Waals surface area contributed by atoms with E-state index in [9.17, 15) is 9.90 Å². The highest BCUT2D eigenvalue weighted by Crippen LogP contribution is 2.39. The van der Waals surface area contributed by atoms with Crippen LogP contribution in [0.15, 0.2) is 76.5 Å². The maximum absolute atomic E-state index is 11.6. The zero-order valence-corrected chi connectivity index (χ0v) is 14.7. The van der Waals surface area contributed by atoms with Gasteiger partial charge in [-0.2, -0.15) is 0 Å². The van der Waals surface area contributed by atoms with Gasteiger partial charge in [-0.25, -0.2) is 0 Å². The number of benzene rings is 1. The smallest absolute Gasteiger partial charge is 0.160 e. The maximum atomic E-state index is 11.6. The summed E-state index contributed by atoms with van der Waals surface area (Å²) < 4.78 is 5.25. The fourth-order valence-corrected chi connectivity index (χ4v) is 3.77. The van der Waals surface area contributed by atoms with Gasteiger partial charge in [0.05, 0.1) is 7.11 Å². The summed E-state index contributed by atoms with van der Waals surface area (Å²) in [4.78, 5) is 16.4. The van der Waals surface area contributed by atoms with Crippen LogP contribution in [0.1, 0.15) is 30.7 Å². The molecule has 2 aliphatic carbocycles. The molecular formula is C22H21NO3. The summed E-state index contributed by atoms with van der Waals surface area (Å²) >= 11 is 0. The van der Waals surface area contributed by atoms with E-state index in [1.54, 1.807) is 13.2 Å². The third-order valence-corrected chi connectivity index (χ3v) is 5.22. The van der Waals surface area contributed by atoms with Crippen molar-refractivity contribution in [1.29, 1.82) is 0 Å². The molecule has 0 bridgehead atoms. The first-order chi connectivity index (χ1) is 12.7. The predicted octanol–water partition coefficient (Wildman–Crippen LogP) is 4.22. The van der Waals surface area contributed by atoms with Gasteiger partial charge in [-0.05, 0) is 47.8 Å². The Kier molecular flexibility index (Phi) is 4.33. The van der Waals surface area contributed by atoms with Crippen molar-refractivity contribution < 1.29 is 14.6 Å². The van der Waals surface area contributed by atoms with Crippen LogP contribution in [0.2, 0.25) is 0 Å². The third-order valence-electron chi connectivity index (χ3n) is 5.22. The van der Waals surface area contributed by atoms with Crippen LogP contribution in [0.4, 0.5) is 0 Å².